The number of H-pyrrole nitrogens is 1. The van der Waals surface area contributed by atoms with Crippen molar-refractivity contribution >= 4 is 60.2 Å². The van der Waals surface area contributed by atoms with E-state index in [1.165, 1.54) is 12.1 Å². The van der Waals surface area contributed by atoms with Crippen LogP contribution in [0.15, 0.2) is 42.8 Å². The maximum absolute atomic E-state index is 12.9. The molecule has 0 atom stereocenters. The van der Waals surface area contributed by atoms with Crippen molar-refractivity contribution < 1.29 is 17.6 Å². The van der Waals surface area contributed by atoms with Crippen LogP contribution in [0.1, 0.15) is 15.9 Å². The van der Waals surface area contributed by atoms with Crippen molar-refractivity contribution in [2.45, 2.75) is 11.3 Å². The van der Waals surface area contributed by atoms with Gasteiger partial charge in [0.05, 0.1) is 5.52 Å². The molecule has 1 aromatic heterocycles. The second-order valence-electron chi connectivity index (χ2n) is 6.35. The lowest BCUT2D eigenvalue weighted by molar-refractivity contribution is 0.0781. The Morgan fingerprint density at radius 2 is 2.04 bits per heavy atom. The van der Waals surface area contributed by atoms with Crippen LogP contribution in [0.5, 0.6) is 0 Å². The average Bonchev–Trinajstić information content (AvgIpc) is 2.98. The van der Waals surface area contributed by atoms with Crippen LogP contribution in [0.4, 0.5) is 5.69 Å². The Labute approximate surface area is 172 Å². The van der Waals surface area contributed by atoms with Crippen molar-refractivity contribution in [2.24, 2.45) is 0 Å². The first-order valence-electron chi connectivity index (χ1n) is 8.09. The van der Waals surface area contributed by atoms with E-state index in [1.54, 1.807) is 24.1 Å². The van der Waals surface area contributed by atoms with Gasteiger partial charge in [-0.05, 0) is 52.2 Å². The van der Waals surface area contributed by atoms with Crippen molar-refractivity contribution in [3.05, 3.63) is 55.4 Å². The van der Waals surface area contributed by atoms with Gasteiger partial charge in [0, 0.05) is 29.3 Å². The minimum atomic E-state index is -4.11. The van der Waals surface area contributed by atoms with Crippen LogP contribution in [0.2, 0.25) is 5.02 Å². The standard InChI is InChI=1S/C17H13BrClN3O5S/c1-22-5-4-8-6-9(2-3-10(8)16(22)23)21-28(25,26)15-11(18)7-12-14(13(15)19)27-17(24)20-12/h2-3,6-7,21H,4-5H2,1H3,(H,20,24). The number of carbonyl (C=O) groups is 1. The zero-order valence-corrected chi connectivity index (χ0v) is 17.5. The molecule has 0 unspecified atom stereocenters. The Balaban J connectivity index is 1.75. The van der Waals surface area contributed by atoms with Gasteiger partial charge in [-0.1, -0.05) is 11.6 Å². The van der Waals surface area contributed by atoms with Crippen LogP contribution < -0.4 is 10.5 Å². The Bertz CT molecular complexity index is 1300. The smallest absolute Gasteiger partial charge is 0.406 e. The molecule has 11 heteroatoms. The molecule has 1 aliphatic heterocycles. The van der Waals surface area contributed by atoms with Crippen molar-refractivity contribution in [1.82, 2.24) is 9.88 Å². The van der Waals surface area contributed by atoms with Gasteiger partial charge in [-0.15, -0.1) is 0 Å². The quantitative estimate of drug-likeness (QED) is 0.591. The highest BCUT2D eigenvalue weighted by molar-refractivity contribution is 9.10. The molecular formula is C17H13BrClN3O5S. The van der Waals surface area contributed by atoms with Gasteiger partial charge in [-0.3, -0.25) is 14.5 Å². The fourth-order valence-electron chi connectivity index (χ4n) is 3.13. The fraction of sp³-hybridized carbons (Fsp3) is 0.176. The van der Waals surface area contributed by atoms with E-state index in [0.29, 0.717) is 24.2 Å². The second-order valence-corrected chi connectivity index (χ2v) is 9.20. The monoisotopic (exact) mass is 485 g/mol. The maximum Gasteiger partial charge on any atom is 0.417 e. The summed E-state index contributed by atoms with van der Waals surface area (Å²) < 4.78 is 33.5. The highest BCUT2D eigenvalue weighted by Gasteiger charge is 2.27. The summed E-state index contributed by atoms with van der Waals surface area (Å²) in [5.74, 6) is -0.843. The van der Waals surface area contributed by atoms with Gasteiger partial charge in [-0.25, -0.2) is 13.2 Å². The number of aromatic nitrogens is 1. The minimum absolute atomic E-state index is 0.0469. The first kappa shape index (κ1) is 19.0. The van der Waals surface area contributed by atoms with Gasteiger partial charge < -0.3 is 9.32 Å². The van der Waals surface area contributed by atoms with E-state index < -0.39 is 15.8 Å². The molecule has 146 valence electrons. The lowest BCUT2D eigenvalue weighted by atomic mass is 9.99. The number of hydrogen-bond acceptors (Lipinski definition) is 5. The summed E-state index contributed by atoms with van der Waals surface area (Å²) in [6, 6.07) is 6.15. The Kier molecular flexibility index (Phi) is 4.52. The van der Waals surface area contributed by atoms with E-state index in [0.717, 1.165) is 5.56 Å². The van der Waals surface area contributed by atoms with Crippen molar-refractivity contribution in [2.75, 3.05) is 18.3 Å². The van der Waals surface area contributed by atoms with Gasteiger partial charge in [0.25, 0.3) is 15.9 Å². The molecular weight excluding hydrogens is 474 g/mol. The zero-order chi connectivity index (χ0) is 20.2. The number of fused-ring (bicyclic) bond motifs is 2. The number of benzene rings is 2. The molecule has 1 amide bonds. The highest BCUT2D eigenvalue weighted by Crippen LogP contribution is 2.36. The number of nitrogens with zero attached hydrogens (tertiary/aromatic N) is 1. The number of likely N-dealkylation sites (N-methyl/N-ethyl adjacent to an activating group) is 1. The van der Waals surface area contributed by atoms with Crippen LogP contribution in [0, 0.1) is 0 Å². The second kappa shape index (κ2) is 6.64. The lowest BCUT2D eigenvalue weighted by Gasteiger charge is -2.25. The van der Waals surface area contributed by atoms with Gasteiger partial charge in [0.15, 0.2) is 5.58 Å². The Hall–Kier alpha value is -2.30. The van der Waals surface area contributed by atoms with Crippen molar-refractivity contribution in [3.63, 3.8) is 0 Å². The third-order valence-electron chi connectivity index (χ3n) is 4.48. The Morgan fingerprint density at radius 1 is 1.29 bits per heavy atom. The number of sulfonamides is 1. The summed E-state index contributed by atoms with van der Waals surface area (Å²) in [5.41, 5.74) is 1.84. The molecule has 0 fully saturated rings. The summed E-state index contributed by atoms with van der Waals surface area (Å²) in [6.07, 6.45) is 0.623. The molecule has 2 aromatic carbocycles. The third kappa shape index (κ3) is 3.11. The number of amides is 1. The summed E-state index contributed by atoms with van der Waals surface area (Å²) in [5, 5.41) is -0.218. The number of oxazole rings is 1. The highest BCUT2D eigenvalue weighted by atomic mass is 79.9. The number of rotatable bonds is 3. The van der Waals surface area contributed by atoms with E-state index in [9.17, 15) is 18.0 Å². The molecule has 0 saturated carbocycles. The van der Waals surface area contributed by atoms with Crippen LogP contribution >= 0.6 is 27.5 Å². The van der Waals surface area contributed by atoms with Crippen LogP contribution in [0.25, 0.3) is 11.1 Å². The van der Waals surface area contributed by atoms with E-state index >= 15 is 0 Å². The number of anilines is 1. The van der Waals surface area contributed by atoms with E-state index in [1.807, 2.05) is 0 Å². The summed E-state index contributed by atoms with van der Waals surface area (Å²) >= 11 is 9.39. The summed E-state index contributed by atoms with van der Waals surface area (Å²) in [4.78, 5) is 27.4. The topological polar surface area (TPSA) is 112 Å². The van der Waals surface area contributed by atoms with Crippen LogP contribution in [-0.2, 0) is 16.4 Å². The summed E-state index contributed by atoms with van der Waals surface area (Å²) in [6.45, 7) is 0.558. The first-order chi connectivity index (χ1) is 13.2. The first-order valence-corrected chi connectivity index (χ1v) is 10.7. The largest absolute Gasteiger partial charge is 0.417 e. The minimum Gasteiger partial charge on any atom is -0.406 e. The third-order valence-corrected chi connectivity index (χ3v) is 7.31. The SMILES string of the molecule is CN1CCc2cc(NS(=O)(=O)c3c(Br)cc4[nH]c(=O)oc4c3Cl)ccc2C1=O. The molecule has 2 N–H and O–H groups in total. The molecule has 0 saturated heterocycles. The molecule has 2 heterocycles. The van der Waals surface area contributed by atoms with Crippen molar-refractivity contribution in [1.29, 1.82) is 0 Å². The molecule has 0 spiro atoms. The van der Waals surface area contributed by atoms with Gasteiger partial charge in [-0.2, -0.15) is 0 Å². The molecule has 4 rings (SSSR count). The predicted molar refractivity (Wildman–Crippen MR) is 107 cm³/mol. The number of halogens is 2. The van der Waals surface area contributed by atoms with Crippen molar-refractivity contribution in [3.8, 4) is 0 Å². The average molecular weight is 487 g/mol. The molecule has 0 aliphatic carbocycles. The van der Waals surface area contributed by atoms with Crippen LogP contribution in [-0.4, -0.2) is 37.8 Å². The molecule has 28 heavy (non-hydrogen) atoms. The molecule has 1 aliphatic rings. The van der Waals surface area contributed by atoms with Crippen LogP contribution in [0.3, 0.4) is 0 Å². The van der Waals surface area contributed by atoms with Gasteiger partial charge in [0.2, 0.25) is 0 Å². The summed E-state index contributed by atoms with van der Waals surface area (Å²) in [7, 11) is -2.39. The van der Waals surface area contributed by atoms with E-state index in [4.69, 9.17) is 16.0 Å². The normalized spacial score (nSPS) is 14.4. The molecule has 0 radical (unpaired) electrons. The number of carbonyl (C=O) groups excluding carboxylic acids is 1. The Morgan fingerprint density at radius 3 is 2.79 bits per heavy atom. The number of aromatic amines is 1. The van der Waals surface area contributed by atoms with E-state index in [-0.39, 0.29) is 31.4 Å². The predicted octanol–water partition coefficient (Wildman–Crippen LogP) is 2.97. The van der Waals surface area contributed by atoms with E-state index in [2.05, 4.69) is 25.6 Å². The van der Waals surface area contributed by atoms with Gasteiger partial charge >= 0.3 is 5.76 Å². The molecule has 8 nitrogen and oxygen atoms in total. The number of hydrogen-bond donors (Lipinski definition) is 2. The lowest BCUT2D eigenvalue weighted by Crippen LogP contribution is -2.34. The molecule has 0 bridgehead atoms. The maximum atomic E-state index is 12.9. The molecule has 3 aromatic rings. The van der Waals surface area contributed by atoms with Gasteiger partial charge in [0.1, 0.15) is 9.92 Å². The zero-order valence-electron chi connectivity index (χ0n) is 14.4. The number of nitrogens with one attached hydrogen (secondary N) is 2. The fourth-order valence-corrected chi connectivity index (χ4v) is 6.04.